The smallest absolute Gasteiger partial charge is 0.256 e. The fraction of sp³-hybridized carbons (Fsp3) is 0.500. The number of nitrogens with zero attached hydrogens (tertiary/aromatic N) is 1. The number of hydrogen-bond donors (Lipinski definition) is 2. The van der Waals surface area contributed by atoms with Crippen LogP contribution in [0.4, 0.5) is 10.7 Å². The van der Waals surface area contributed by atoms with Gasteiger partial charge >= 0.3 is 0 Å². The second kappa shape index (κ2) is 5.83. The molecule has 5 nitrogen and oxygen atoms in total. The first-order valence-corrected chi connectivity index (χ1v) is 8.01. The Labute approximate surface area is 120 Å². The van der Waals surface area contributed by atoms with Gasteiger partial charge in [0.05, 0.1) is 16.1 Å². The molecule has 2 heterocycles. The molecule has 0 atom stereocenters. The average Bonchev–Trinajstić information content (AvgIpc) is 2.77. The van der Waals surface area contributed by atoms with E-state index in [1.807, 2.05) is 11.8 Å². The maximum Gasteiger partial charge on any atom is 0.256 e. The summed E-state index contributed by atoms with van der Waals surface area (Å²) >= 11 is 3.22. The van der Waals surface area contributed by atoms with Crippen molar-refractivity contribution in [2.75, 3.05) is 42.3 Å². The molecule has 0 bridgehead atoms. The standard InChI is InChI=1S/C12H17N3O2S2/c1-7(16)10-9(13)8(11(17)14-2)12(19-10)15-3-5-18-6-4-15/h3-6,13H2,1-2H3,(H,14,17). The SMILES string of the molecule is CNC(=O)c1c(N2CCSCC2)sc(C(C)=O)c1N. The maximum atomic E-state index is 12.0. The highest BCUT2D eigenvalue weighted by Gasteiger charge is 2.27. The lowest BCUT2D eigenvalue weighted by Gasteiger charge is -2.27. The van der Waals surface area contributed by atoms with Crippen LogP contribution in [0.15, 0.2) is 0 Å². The van der Waals surface area contributed by atoms with Crippen molar-refractivity contribution < 1.29 is 9.59 Å². The van der Waals surface area contributed by atoms with E-state index in [4.69, 9.17) is 5.73 Å². The van der Waals surface area contributed by atoms with Crippen molar-refractivity contribution in [3.63, 3.8) is 0 Å². The number of thiophene rings is 1. The Morgan fingerprint density at radius 1 is 1.32 bits per heavy atom. The van der Waals surface area contributed by atoms with Gasteiger partial charge < -0.3 is 16.0 Å². The Balaban J connectivity index is 2.48. The van der Waals surface area contributed by atoms with Crippen molar-refractivity contribution in [3.05, 3.63) is 10.4 Å². The molecular weight excluding hydrogens is 282 g/mol. The van der Waals surface area contributed by atoms with Gasteiger partial charge in [-0.05, 0) is 0 Å². The summed E-state index contributed by atoms with van der Waals surface area (Å²) < 4.78 is 0. The number of ketones is 1. The number of nitrogens with two attached hydrogens (primary N) is 1. The first-order chi connectivity index (χ1) is 9.06. The molecule has 0 spiro atoms. The van der Waals surface area contributed by atoms with E-state index in [-0.39, 0.29) is 11.7 Å². The lowest BCUT2D eigenvalue weighted by atomic mass is 10.2. The van der Waals surface area contributed by atoms with Gasteiger partial charge in [-0.25, -0.2) is 0 Å². The molecule has 0 aliphatic carbocycles. The zero-order valence-electron chi connectivity index (χ0n) is 11.0. The van der Waals surface area contributed by atoms with Crippen molar-refractivity contribution in [1.82, 2.24) is 5.32 Å². The minimum atomic E-state index is -0.227. The second-order valence-electron chi connectivity index (χ2n) is 4.26. The van der Waals surface area contributed by atoms with Crippen LogP contribution in [-0.2, 0) is 0 Å². The van der Waals surface area contributed by atoms with E-state index in [1.54, 1.807) is 7.05 Å². The van der Waals surface area contributed by atoms with Crippen LogP contribution in [-0.4, -0.2) is 43.3 Å². The van der Waals surface area contributed by atoms with Gasteiger partial charge in [-0.15, -0.1) is 11.3 Å². The molecule has 1 saturated heterocycles. The van der Waals surface area contributed by atoms with Crippen LogP contribution in [0.25, 0.3) is 0 Å². The molecular formula is C12H17N3O2S2. The van der Waals surface area contributed by atoms with E-state index in [0.29, 0.717) is 16.1 Å². The zero-order chi connectivity index (χ0) is 14.0. The van der Waals surface area contributed by atoms with Gasteiger partial charge in [0.2, 0.25) is 0 Å². The molecule has 1 amide bonds. The highest BCUT2D eigenvalue weighted by atomic mass is 32.2. The minimum absolute atomic E-state index is 0.0923. The van der Waals surface area contributed by atoms with Crippen LogP contribution in [0, 0.1) is 0 Å². The zero-order valence-corrected chi connectivity index (χ0v) is 12.6. The summed E-state index contributed by atoms with van der Waals surface area (Å²) in [5.74, 6) is 1.74. The molecule has 1 aliphatic heterocycles. The Morgan fingerprint density at radius 2 is 1.95 bits per heavy atom. The van der Waals surface area contributed by atoms with Crippen molar-refractivity contribution in [2.24, 2.45) is 0 Å². The Bertz CT molecular complexity index is 507. The first kappa shape index (κ1) is 14.2. The molecule has 1 fully saturated rings. The predicted molar refractivity (Wildman–Crippen MR) is 81.7 cm³/mol. The number of rotatable bonds is 3. The molecule has 0 radical (unpaired) electrons. The monoisotopic (exact) mass is 299 g/mol. The number of nitrogen functional groups attached to an aromatic ring is 1. The number of Topliss-reactive ketones (excluding diaryl/α,β-unsaturated/α-hetero) is 1. The lowest BCUT2D eigenvalue weighted by molar-refractivity contribution is 0.0964. The Morgan fingerprint density at radius 3 is 2.47 bits per heavy atom. The molecule has 104 valence electrons. The van der Waals surface area contributed by atoms with Crippen molar-refractivity contribution in [3.8, 4) is 0 Å². The lowest BCUT2D eigenvalue weighted by Crippen LogP contribution is -2.33. The highest BCUT2D eigenvalue weighted by Crippen LogP contribution is 2.39. The van der Waals surface area contributed by atoms with Crippen LogP contribution in [0.2, 0.25) is 0 Å². The van der Waals surface area contributed by atoms with E-state index in [9.17, 15) is 9.59 Å². The molecule has 19 heavy (non-hydrogen) atoms. The molecule has 0 unspecified atom stereocenters. The summed E-state index contributed by atoms with van der Waals surface area (Å²) in [5.41, 5.74) is 6.74. The normalized spacial score (nSPS) is 15.4. The fourth-order valence-electron chi connectivity index (χ4n) is 2.03. The molecule has 0 aromatic carbocycles. The van der Waals surface area contributed by atoms with E-state index in [1.165, 1.54) is 18.3 Å². The van der Waals surface area contributed by atoms with E-state index in [2.05, 4.69) is 10.2 Å². The third-order valence-corrected chi connectivity index (χ3v) is 5.31. The van der Waals surface area contributed by atoms with E-state index >= 15 is 0 Å². The number of carbonyl (C=O) groups is 2. The van der Waals surface area contributed by atoms with Gasteiger partial charge in [0.25, 0.3) is 5.91 Å². The summed E-state index contributed by atoms with van der Waals surface area (Å²) in [6.07, 6.45) is 0. The number of amides is 1. The van der Waals surface area contributed by atoms with Crippen LogP contribution < -0.4 is 16.0 Å². The van der Waals surface area contributed by atoms with Gasteiger partial charge in [-0.1, -0.05) is 0 Å². The summed E-state index contributed by atoms with van der Waals surface area (Å²) in [4.78, 5) is 26.2. The van der Waals surface area contributed by atoms with E-state index in [0.717, 1.165) is 29.6 Å². The first-order valence-electron chi connectivity index (χ1n) is 6.04. The van der Waals surface area contributed by atoms with Crippen LogP contribution >= 0.6 is 23.1 Å². The third-order valence-electron chi connectivity index (χ3n) is 3.00. The van der Waals surface area contributed by atoms with Gasteiger partial charge in [-0.2, -0.15) is 11.8 Å². The number of nitrogens with one attached hydrogen (secondary N) is 1. The molecule has 0 saturated carbocycles. The predicted octanol–water partition coefficient (Wildman–Crippen LogP) is 1.45. The van der Waals surface area contributed by atoms with Crippen LogP contribution in [0.1, 0.15) is 27.0 Å². The highest BCUT2D eigenvalue weighted by molar-refractivity contribution is 7.99. The third kappa shape index (κ3) is 2.71. The summed E-state index contributed by atoms with van der Waals surface area (Å²) in [7, 11) is 1.57. The Hall–Kier alpha value is -1.21. The second-order valence-corrected chi connectivity index (χ2v) is 6.48. The van der Waals surface area contributed by atoms with Crippen molar-refractivity contribution in [1.29, 1.82) is 0 Å². The maximum absolute atomic E-state index is 12.0. The van der Waals surface area contributed by atoms with Crippen LogP contribution in [0.5, 0.6) is 0 Å². The largest absolute Gasteiger partial charge is 0.397 e. The summed E-state index contributed by atoms with van der Waals surface area (Å²) in [6, 6.07) is 0. The quantitative estimate of drug-likeness (QED) is 0.826. The molecule has 1 aromatic rings. The average molecular weight is 299 g/mol. The minimum Gasteiger partial charge on any atom is -0.397 e. The van der Waals surface area contributed by atoms with Crippen molar-refractivity contribution >= 4 is 45.5 Å². The molecule has 1 aliphatic rings. The van der Waals surface area contributed by atoms with E-state index < -0.39 is 0 Å². The molecule has 1 aromatic heterocycles. The fourth-order valence-corrected chi connectivity index (χ4v) is 4.10. The van der Waals surface area contributed by atoms with Gasteiger partial charge in [0.1, 0.15) is 5.00 Å². The number of hydrogen-bond acceptors (Lipinski definition) is 6. The number of carbonyl (C=O) groups excluding carboxylic acids is 2. The number of thioether (sulfide) groups is 1. The molecule has 2 rings (SSSR count). The van der Waals surface area contributed by atoms with Crippen LogP contribution in [0.3, 0.4) is 0 Å². The summed E-state index contributed by atoms with van der Waals surface area (Å²) in [5, 5.41) is 3.42. The molecule has 3 N–H and O–H groups in total. The molecule has 7 heteroatoms. The Kier molecular flexibility index (Phi) is 4.36. The van der Waals surface area contributed by atoms with Gasteiger partial charge in [0.15, 0.2) is 5.78 Å². The topological polar surface area (TPSA) is 75.4 Å². The van der Waals surface area contributed by atoms with Crippen molar-refractivity contribution in [2.45, 2.75) is 6.92 Å². The van der Waals surface area contributed by atoms with Gasteiger partial charge in [0, 0.05) is 38.6 Å². The summed E-state index contributed by atoms with van der Waals surface area (Å²) in [6.45, 7) is 3.24. The van der Waals surface area contributed by atoms with Gasteiger partial charge in [-0.3, -0.25) is 9.59 Å². The number of anilines is 2.